The molecule has 7 unspecified atom stereocenters. The number of rotatable bonds is 2. The van der Waals surface area contributed by atoms with E-state index < -0.39 is 43.0 Å². The topological polar surface area (TPSA) is 112 Å². The van der Waals surface area contributed by atoms with E-state index in [0.717, 1.165) is 6.42 Å². The third kappa shape index (κ3) is 3.41. The number of nitrogens with two attached hydrogens (primary N) is 1. The first kappa shape index (κ1) is 20.4. The van der Waals surface area contributed by atoms with Crippen LogP contribution in [0.3, 0.4) is 0 Å². The van der Waals surface area contributed by atoms with Gasteiger partial charge >= 0.3 is 0 Å². The summed E-state index contributed by atoms with van der Waals surface area (Å²) in [5.74, 6) is -0.0192. The third-order valence-electron chi connectivity index (χ3n) is 7.76. The van der Waals surface area contributed by atoms with E-state index >= 15 is 0 Å². The van der Waals surface area contributed by atoms with Crippen molar-refractivity contribution in [2.45, 2.75) is 81.0 Å². The molecule has 166 valence electrons. The number of halogens is 2. The van der Waals surface area contributed by atoms with Crippen molar-refractivity contribution in [3.8, 4) is 0 Å². The Morgan fingerprint density at radius 3 is 2.59 bits per heavy atom. The number of alkyl halides is 2. The maximum Gasteiger partial charge on any atom is 0.141 e. The number of fused-ring (bicyclic) bond motifs is 2. The summed E-state index contributed by atoms with van der Waals surface area (Å²) in [6.07, 6.45) is -5.57. The van der Waals surface area contributed by atoms with Gasteiger partial charge in [0.2, 0.25) is 0 Å². The molecule has 4 saturated heterocycles. The number of hydrogen-bond donors (Lipinski definition) is 5. The zero-order valence-electron chi connectivity index (χ0n) is 16.4. The quantitative estimate of drug-likeness (QED) is 0.389. The molecule has 1 aliphatic carbocycles. The largest absolute Gasteiger partial charge is 0.387 e. The van der Waals surface area contributed by atoms with Crippen molar-refractivity contribution in [1.29, 1.82) is 0 Å². The molecule has 4 aliphatic heterocycles. The van der Waals surface area contributed by atoms with Crippen LogP contribution in [-0.4, -0.2) is 90.3 Å². The highest BCUT2D eigenvalue weighted by molar-refractivity contribution is 5.04. The van der Waals surface area contributed by atoms with E-state index in [1.54, 1.807) is 0 Å². The van der Waals surface area contributed by atoms with Crippen LogP contribution in [0.1, 0.15) is 25.7 Å². The predicted octanol–water partition coefficient (Wildman–Crippen LogP) is -0.992. The molecule has 8 nitrogen and oxygen atoms in total. The van der Waals surface area contributed by atoms with Gasteiger partial charge in [0.05, 0.1) is 18.4 Å². The van der Waals surface area contributed by atoms with Crippen LogP contribution in [-0.2, 0) is 9.47 Å². The number of nitrogens with one attached hydrogen (secondary N) is 2. The number of nitrogens with zero attached hydrogens (tertiary/aromatic N) is 1. The van der Waals surface area contributed by atoms with E-state index in [9.17, 15) is 19.0 Å². The van der Waals surface area contributed by atoms with Gasteiger partial charge in [-0.15, -0.1) is 0 Å². The highest BCUT2D eigenvalue weighted by Gasteiger charge is 2.56. The predicted molar refractivity (Wildman–Crippen MR) is 98.8 cm³/mol. The van der Waals surface area contributed by atoms with Gasteiger partial charge in [0.25, 0.3) is 0 Å². The Labute approximate surface area is 169 Å². The van der Waals surface area contributed by atoms with Gasteiger partial charge in [-0.25, -0.2) is 8.78 Å². The lowest BCUT2D eigenvalue weighted by molar-refractivity contribution is -0.182. The number of likely N-dealkylation sites (tertiary alicyclic amines) is 1. The van der Waals surface area contributed by atoms with Crippen molar-refractivity contribution in [1.82, 2.24) is 15.5 Å². The monoisotopic (exact) mass is 418 g/mol. The van der Waals surface area contributed by atoms with Gasteiger partial charge in [-0.05, 0) is 37.5 Å². The summed E-state index contributed by atoms with van der Waals surface area (Å²) in [7, 11) is 0. The van der Waals surface area contributed by atoms with Crippen molar-refractivity contribution >= 4 is 0 Å². The summed E-state index contributed by atoms with van der Waals surface area (Å²) >= 11 is 0. The van der Waals surface area contributed by atoms with Gasteiger partial charge in [-0.2, -0.15) is 0 Å². The summed E-state index contributed by atoms with van der Waals surface area (Å²) in [6, 6.07) is 0. The first-order chi connectivity index (χ1) is 14.0. The molecular formula is C19H32F2N4O4. The van der Waals surface area contributed by atoms with Crippen molar-refractivity contribution in [3.63, 3.8) is 0 Å². The molecule has 0 radical (unpaired) electrons. The fourth-order valence-electron chi connectivity index (χ4n) is 6.20. The van der Waals surface area contributed by atoms with Crippen LogP contribution in [0.2, 0.25) is 0 Å². The molecule has 0 aromatic heterocycles. The minimum Gasteiger partial charge on any atom is -0.387 e. The first-order valence-corrected chi connectivity index (χ1v) is 10.8. The Bertz CT molecular complexity index is 607. The standard InChI is InChI=1S/C19H32F2N4O4/c20-11-5-8-2-4-28-15(10(8)6-12(11)21)16-13(26)14(27)19(29-16)25-3-1-9-17(22)23-7-24-18(9)25/h8-19,23-24,26-27H,1-7,22H2/t8?,9?,10?,11?,12?,13-,14+,15+,16-,17?,18?,19+/m0/s1. The van der Waals surface area contributed by atoms with Crippen LogP contribution in [0.5, 0.6) is 0 Å². The van der Waals surface area contributed by atoms with Crippen molar-refractivity contribution < 1.29 is 28.5 Å². The van der Waals surface area contributed by atoms with E-state index in [4.69, 9.17) is 15.2 Å². The molecule has 12 atom stereocenters. The first-order valence-electron chi connectivity index (χ1n) is 10.8. The minimum absolute atomic E-state index is 0.0167. The Morgan fingerprint density at radius 1 is 0.966 bits per heavy atom. The molecule has 0 aromatic carbocycles. The number of aliphatic hydroxyl groups is 2. The molecule has 6 N–H and O–H groups in total. The normalized spacial score (nSPS) is 56.2. The molecule has 0 bridgehead atoms. The molecule has 10 heteroatoms. The summed E-state index contributed by atoms with van der Waals surface area (Å²) in [5.41, 5.74) is 6.17. The van der Waals surface area contributed by atoms with E-state index in [1.165, 1.54) is 0 Å². The zero-order chi connectivity index (χ0) is 20.3. The Morgan fingerprint density at radius 2 is 1.76 bits per heavy atom. The van der Waals surface area contributed by atoms with Gasteiger partial charge < -0.3 is 25.4 Å². The van der Waals surface area contributed by atoms with Gasteiger partial charge in [0, 0.05) is 25.7 Å². The lowest BCUT2D eigenvalue weighted by Crippen LogP contribution is -2.64. The van der Waals surface area contributed by atoms with Gasteiger partial charge in [-0.3, -0.25) is 15.5 Å². The fourth-order valence-corrected chi connectivity index (χ4v) is 6.20. The third-order valence-corrected chi connectivity index (χ3v) is 7.76. The van der Waals surface area contributed by atoms with Gasteiger partial charge in [0.1, 0.15) is 36.9 Å². The molecule has 4 heterocycles. The Kier molecular flexibility index (Phi) is 5.57. The average molecular weight is 418 g/mol. The zero-order valence-corrected chi connectivity index (χ0v) is 16.4. The second-order valence-electron chi connectivity index (χ2n) is 9.27. The highest BCUT2D eigenvalue weighted by atomic mass is 19.2. The number of hydrogen-bond acceptors (Lipinski definition) is 8. The number of aliphatic hydroxyl groups excluding tert-OH is 2. The van der Waals surface area contributed by atoms with Crippen molar-refractivity contribution in [3.05, 3.63) is 0 Å². The van der Waals surface area contributed by atoms with E-state index in [2.05, 4.69) is 10.6 Å². The van der Waals surface area contributed by atoms with Gasteiger partial charge in [0.15, 0.2) is 0 Å². The molecule has 1 saturated carbocycles. The second kappa shape index (κ2) is 7.90. The van der Waals surface area contributed by atoms with Gasteiger partial charge in [-0.1, -0.05) is 0 Å². The van der Waals surface area contributed by atoms with Crippen LogP contribution in [0.15, 0.2) is 0 Å². The molecular weight excluding hydrogens is 386 g/mol. The van der Waals surface area contributed by atoms with E-state index in [-0.39, 0.29) is 42.9 Å². The van der Waals surface area contributed by atoms with Crippen LogP contribution < -0.4 is 16.4 Å². The summed E-state index contributed by atoms with van der Waals surface area (Å²) in [4.78, 5) is 2.02. The molecule has 0 aromatic rings. The molecule has 5 aliphatic rings. The van der Waals surface area contributed by atoms with Crippen LogP contribution >= 0.6 is 0 Å². The summed E-state index contributed by atoms with van der Waals surface area (Å²) in [6.45, 7) is 1.68. The van der Waals surface area contributed by atoms with Crippen molar-refractivity contribution in [2.75, 3.05) is 19.8 Å². The van der Waals surface area contributed by atoms with E-state index in [1.807, 2.05) is 4.90 Å². The lowest BCUT2D eigenvalue weighted by Gasteiger charge is -2.45. The summed E-state index contributed by atoms with van der Waals surface area (Å²) < 4.78 is 40.1. The van der Waals surface area contributed by atoms with Crippen molar-refractivity contribution in [2.24, 2.45) is 23.5 Å². The highest BCUT2D eigenvalue weighted by Crippen LogP contribution is 2.45. The van der Waals surface area contributed by atoms with Crippen LogP contribution in [0.25, 0.3) is 0 Å². The van der Waals surface area contributed by atoms with Crippen LogP contribution in [0.4, 0.5) is 8.78 Å². The summed E-state index contributed by atoms with van der Waals surface area (Å²) in [5, 5.41) is 28.1. The lowest BCUT2D eigenvalue weighted by atomic mass is 9.70. The molecule has 5 rings (SSSR count). The smallest absolute Gasteiger partial charge is 0.141 e. The average Bonchev–Trinajstić information content (AvgIpc) is 3.25. The maximum atomic E-state index is 14.1. The molecule has 5 fully saturated rings. The van der Waals surface area contributed by atoms with Crippen LogP contribution in [0, 0.1) is 17.8 Å². The molecule has 29 heavy (non-hydrogen) atoms. The molecule has 0 amide bonds. The fraction of sp³-hybridized carbons (Fsp3) is 1.00. The molecule has 0 spiro atoms. The Hall–Kier alpha value is -0.460. The second-order valence-corrected chi connectivity index (χ2v) is 9.27. The maximum absolute atomic E-state index is 14.1. The SMILES string of the molecule is NC1NCNC2C1CCN2[C@@H]1O[C@H]([C@@H]2OCCC3CC(F)C(F)CC32)[C@@H](O)[C@H]1O. The number of ether oxygens (including phenoxy) is 2. The minimum atomic E-state index is -1.51. The van der Waals surface area contributed by atoms with E-state index in [0.29, 0.717) is 26.2 Å². The Balaban J connectivity index is 1.32.